The van der Waals surface area contributed by atoms with Crippen molar-refractivity contribution in [2.75, 3.05) is 12.3 Å². The van der Waals surface area contributed by atoms with Gasteiger partial charge in [0.25, 0.3) is 0 Å². The topological polar surface area (TPSA) is 124 Å². The first-order valence-corrected chi connectivity index (χ1v) is 11.1. The lowest BCUT2D eigenvalue weighted by atomic mass is 10.0. The molecule has 3 heterocycles. The Hall–Kier alpha value is -3.62. The van der Waals surface area contributed by atoms with Gasteiger partial charge in [-0.1, -0.05) is 23.7 Å². The number of hydrogen-bond donors (Lipinski definition) is 2. The molecular weight excluding hydrogens is 454 g/mol. The van der Waals surface area contributed by atoms with Crippen molar-refractivity contribution in [1.29, 1.82) is 0 Å². The zero-order chi connectivity index (χ0) is 24.5. The number of benzene rings is 1. The molecule has 9 heteroatoms. The van der Waals surface area contributed by atoms with E-state index in [1.165, 1.54) is 12.4 Å². The van der Waals surface area contributed by atoms with Crippen molar-refractivity contribution in [2.24, 2.45) is 0 Å². The highest BCUT2D eigenvalue weighted by Crippen LogP contribution is 2.28. The van der Waals surface area contributed by atoms with E-state index < -0.39 is 5.54 Å². The van der Waals surface area contributed by atoms with Gasteiger partial charge in [0, 0.05) is 41.8 Å². The van der Waals surface area contributed by atoms with Crippen LogP contribution in [0.15, 0.2) is 55.0 Å². The predicted molar refractivity (Wildman–Crippen MR) is 130 cm³/mol. The number of fused-ring (bicyclic) bond motifs is 1. The number of aromatic nitrogens is 4. The van der Waals surface area contributed by atoms with Crippen molar-refractivity contribution in [3.8, 4) is 0 Å². The normalized spacial score (nSPS) is 11.6. The van der Waals surface area contributed by atoms with Gasteiger partial charge in [-0.25, -0.2) is 4.98 Å². The molecule has 0 unspecified atom stereocenters. The van der Waals surface area contributed by atoms with E-state index in [1.54, 1.807) is 35.0 Å². The van der Waals surface area contributed by atoms with Gasteiger partial charge in [-0.3, -0.25) is 14.6 Å². The van der Waals surface area contributed by atoms with Crippen molar-refractivity contribution >= 4 is 40.1 Å². The molecule has 0 saturated carbocycles. The second-order valence-electron chi connectivity index (χ2n) is 8.75. The molecule has 0 saturated heterocycles. The van der Waals surface area contributed by atoms with Gasteiger partial charge in [0.1, 0.15) is 17.1 Å². The molecule has 0 amide bonds. The molecule has 3 aromatic heterocycles. The summed E-state index contributed by atoms with van der Waals surface area (Å²) in [7, 11) is 0. The number of nitrogens with two attached hydrogens (primary N) is 1. The van der Waals surface area contributed by atoms with Gasteiger partial charge in [0.2, 0.25) is 11.7 Å². The number of Topliss-reactive ketones (excluding diaryl/α,β-unsaturated/α-hetero) is 1. The van der Waals surface area contributed by atoms with Gasteiger partial charge in [-0.05, 0) is 49.2 Å². The first-order valence-electron chi connectivity index (χ1n) is 10.7. The molecular formula is C25H24ClN5O3. The van der Waals surface area contributed by atoms with E-state index in [4.69, 9.17) is 17.3 Å². The Balaban J connectivity index is 1.62. The zero-order valence-corrected chi connectivity index (χ0v) is 19.6. The Morgan fingerprint density at radius 2 is 1.79 bits per heavy atom. The lowest BCUT2D eigenvalue weighted by Crippen LogP contribution is -2.30. The molecule has 0 atom stereocenters. The molecule has 0 aliphatic heterocycles. The van der Waals surface area contributed by atoms with Crippen LogP contribution in [0.1, 0.15) is 41.0 Å². The average Bonchev–Trinajstić information content (AvgIpc) is 3.19. The van der Waals surface area contributed by atoms with Gasteiger partial charge in [0.05, 0.1) is 17.7 Å². The second kappa shape index (κ2) is 9.32. The number of pyridine rings is 1. The molecule has 4 aromatic rings. The molecule has 3 N–H and O–H groups in total. The molecule has 174 valence electrons. The zero-order valence-electron chi connectivity index (χ0n) is 18.8. The highest BCUT2D eigenvalue weighted by molar-refractivity contribution is 6.30. The molecule has 0 fully saturated rings. The van der Waals surface area contributed by atoms with Crippen LogP contribution in [0.25, 0.3) is 11.0 Å². The third kappa shape index (κ3) is 4.83. The Morgan fingerprint density at radius 1 is 1.09 bits per heavy atom. The van der Waals surface area contributed by atoms with Gasteiger partial charge in [-0.15, -0.1) is 0 Å². The van der Waals surface area contributed by atoms with Crippen molar-refractivity contribution in [3.63, 3.8) is 0 Å². The fraction of sp³-hybridized carbons (Fsp3) is 0.240. The number of aliphatic hydroxyl groups excluding tert-OH is 1. The van der Waals surface area contributed by atoms with Gasteiger partial charge >= 0.3 is 0 Å². The van der Waals surface area contributed by atoms with Crippen LogP contribution < -0.4 is 5.73 Å². The summed E-state index contributed by atoms with van der Waals surface area (Å²) in [4.78, 5) is 38.5. The fourth-order valence-electron chi connectivity index (χ4n) is 3.70. The minimum Gasteiger partial charge on any atom is -0.394 e. The largest absolute Gasteiger partial charge is 0.394 e. The SMILES string of the molecule is CC(C)(CO)n1cc(C(=O)c2cc(CC(=O)Cc3ccc(Cl)cc3)ccn2)c2cnc(N)nc21. The van der Waals surface area contributed by atoms with Crippen LogP contribution in [0.5, 0.6) is 0 Å². The maximum Gasteiger partial charge on any atom is 0.221 e. The van der Waals surface area contributed by atoms with Crippen LogP contribution in [0.2, 0.25) is 5.02 Å². The third-order valence-electron chi connectivity index (χ3n) is 5.62. The predicted octanol–water partition coefficient (Wildman–Crippen LogP) is 3.37. The maximum absolute atomic E-state index is 13.4. The number of nitrogen functional groups attached to an aromatic ring is 1. The summed E-state index contributed by atoms with van der Waals surface area (Å²) in [5.41, 5.74) is 7.61. The number of anilines is 1. The van der Waals surface area contributed by atoms with E-state index in [1.807, 2.05) is 26.0 Å². The van der Waals surface area contributed by atoms with Gasteiger partial charge in [-0.2, -0.15) is 4.98 Å². The molecule has 8 nitrogen and oxygen atoms in total. The summed E-state index contributed by atoms with van der Waals surface area (Å²) in [6, 6.07) is 10.5. The van der Waals surface area contributed by atoms with E-state index in [0.29, 0.717) is 27.2 Å². The number of rotatable bonds is 8. The van der Waals surface area contributed by atoms with Crippen molar-refractivity contribution < 1.29 is 14.7 Å². The van der Waals surface area contributed by atoms with Gasteiger partial charge < -0.3 is 15.4 Å². The van der Waals surface area contributed by atoms with E-state index in [9.17, 15) is 14.7 Å². The number of hydrogen-bond acceptors (Lipinski definition) is 7. The third-order valence-corrected chi connectivity index (χ3v) is 5.87. The number of carbonyl (C=O) groups is 2. The van der Waals surface area contributed by atoms with Crippen LogP contribution >= 0.6 is 11.6 Å². The smallest absolute Gasteiger partial charge is 0.221 e. The quantitative estimate of drug-likeness (QED) is 0.373. The Labute approximate surface area is 201 Å². The Kier molecular flexibility index (Phi) is 6.45. The first-order chi connectivity index (χ1) is 16.2. The number of aliphatic hydroxyl groups is 1. The Bertz CT molecular complexity index is 1380. The van der Waals surface area contributed by atoms with Gasteiger partial charge in [0.15, 0.2) is 0 Å². The second-order valence-corrected chi connectivity index (χ2v) is 9.18. The van der Waals surface area contributed by atoms with E-state index >= 15 is 0 Å². The molecule has 0 bridgehead atoms. The van der Waals surface area contributed by atoms with E-state index in [-0.39, 0.29) is 42.7 Å². The summed E-state index contributed by atoms with van der Waals surface area (Å²) in [6.45, 7) is 3.48. The number of ketones is 2. The summed E-state index contributed by atoms with van der Waals surface area (Å²) in [5.74, 6) is -0.256. The minimum atomic E-state index is -0.721. The summed E-state index contributed by atoms with van der Waals surface area (Å²) >= 11 is 5.90. The number of carbonyl (C=O) groups excluding carboxylic acids is 2. The minimum absolute atomic E-state index is 0.0112. The highest BCUT2D eigenvalue weighted by atomic mass is 35.5. The molecule has 0 spiro atoms. The molecule has 4 rings (SSSR count). The van der Waals surface area contributed by atoms with Crippen LogP contribution in [0, 0.1) is 0 Å². The summed E-state index contributed by atoms with van der Waals surface area (Å²) in [5, 5.41) is 11.0. The van der Waals surface area contributed by atoms with Crippen LogP contribution in [-0.2, 0) is 23.2 Å². The fourth-order valence-corrected chi connectivity index (χ4v) is 3.83. The maximum atomic E-state index is 13.4. The molecule has 34 heavy (non-hydrogen) atoms. The van der Waals surface area contributed by atoms with E-state index in [0.717, 1.165) is 5.56 Å². The lowest BCUT2D eigenvalue weighted by Gasteiger charge is -2.24. The molecule has 0 radical (unpaired) electrons. The standard InChI is InChI=1S/C25H24ClN5O3/c1-25(2,14-32)31-13-20(19-12-29-24(27)30-23(19)31)22(34)21-11-16(7-8-28-21)10-18(33)9-15-3-5-17(26)6-4-15/h3-8,11-13,32H,9-10,14H2,1-2H3,(H2,27,29,30). The van der Waals surface area contributed by atoms with Crippen molar-refractivity contribution in [2.45, 2.75) is 32.2 Å². The monoisotopic (exact) mass is 477 g/mol. The van der Waals surface area contributed by atoms with E-state index in [2.05, 4.69) is 15.0 Å². The summed E-state index contributed by atoms with van der Waals surface area (Å²) in [6.07, 6.45) is 5.09. The highest BCUT2D eigenvalue weighted by Gasteiger charge is 2.27. The van der Waals surface area contributed by atoms with Crippen LogP contribution in [0.4, 0.5) is 5.95 Å². The molecule has 0 aliphatic carbocycles. The van der Waals surface area contributed by atoms with Crippen LogP contribution in [0.3, 0.4) is 0 Å². The average molecular weight is 478 g/mol. The number of nitrogens with zero attached hydrogens (tertiary/aromatic N) is 4. The van der Waals surface area contributed by atoms with Crippen molar-refractivity contribution in [3.05, 3.63) is 82.4 Å². The summed E-state index contributed by atoms with van der Waals surface area (Å²) < 4.78 is 1.72. The van der Waals surface area contributed by atoms with Crippen molar-refractivity contribution in [1.82, 2.24) is 19.5 Å². The number of halogens is 1. The van der Waals surface area contributed by atoms with Crippen LogP contribution in [-0.4, -0.2) is 42.8 Å². The molecule has 0 aliphatic rings. The Morgan fingerprint density at radius 3 is 2.50 bits per heavy atom. The first kappa shape index (κ1) is 23.5. The lowest BCUT2D eigenvalue weighted by molar-refractivity contribution is -0.117. The molecule has 1 aromatic carbocycles.